The number of carbonyl (C=O) groups is 2. The van der Waals surface area contributed by atoms with Gasteiger partial charge >= 0.3 is 0 Å². The van der Waals surface area contributed by atoms with Crippen LogP contribution < -0.4 is 14.4 Å². The highest BCUT2D eigenvalue weighted by atomic mass is 35.5. The van der Waals surface area contributed by atoms with Gasteiger partial charge in [-0.15, -0.1) is 0 Å². The summed E-state index contributed by atoms with van der Waals surface area (Å²) in [6, 6.07) is 11.4. The summed E-state index contributed by atoms with van der Waals surface area (Å²) in [7, 11) is -2.29. The van der Waals surface area contributed by atoms with E-state index in [9.17, 15) is 18.0 Å². The van der Waals surface area contributed by atoms with Crippen LogP contribution in [-0.2, 0) is 31.4 Å². The first-order valence-corrected chi connectivity index (χ1v) is 19.3. The lowest BCUT2D eigenvalue weighted by Crippen LogP contribution is -2.54. The smallest absolute Gasteiger partial charge is 0.264 e. The number of nitrogens with one attached hydrogen (secondary N) is 1. The highest BCUT2D eigenvalue weighted by Crippen LogP contribution is 2.50. The zero-order valence-corrected chi connectivity index (χ0v) is 30.3. The first kappa shape index (κ1) is 35.0. The molecule has 2 bridgehead atoms. The van der Waals surface area contributed by atoms with E-state index in [1.54, 1.807) is 32.2 Å². The molecule has 1 saturated carbocycles. The maximum atomic E-state index is 13.5. The summed E-state index contributed by atoms with van der Waals surface area (Å²) in [6.07, 6.45) is 9.54. The van der Waals surface area contributed by atoms with Crippen LogP contribution in [0.15, 0.2) is 48.6 Å². The number of benzene rings is 2. The molecular weight excluding hydrogens is 648 g/mol. The van der Waals surface area contributed by atoms with E-state index in [-0.39, 0.29) is 46.9 Å². The second-order valence-corrected chi connectivity index (χ2v) is 17.5. The lowest BCUT2D eigenvalue weighted by Gasteiger charge is -2.50. The number of amides is 1. The Morgan fingerprint density at radius 3 is 2.67 bits per heavy atom. The number of halogens is 1. The predicted molar refractivity (Wildman–Crippen MR) is 189 cm³/mol. The Balaban J connectivity index is 1.47. The molecule has 1 spiro atoms. The number of carbonyl (C=O) groups excluding carboxylic acids is 2. The molecule has 1 N–H and O–H groups in total. The number of methoxy groups -OCH3 is 1. The number of nitrogens with zero attached hydrogens (tertiary/aromatic N) is 1. The number of Topliss-reactive ketones (excluding diaryl/α,β-unsaturated/α-hetero) is 1. The number of fused-ring (bicyclic) bond motifs is 4. The monoisotopic (exact) mass is 696 g/mol. The van der Waals surface area contributed by atoms with Crippen LogP contribution in [0.3, 0.4) is 0 Å². The second-order valence-electron chi connectivity index (χ2n) is 15.0. The maximum Gasteiger partial charge on any atom is 0.264 e. The summed E-state index contributed by atoms with van der Waals surface area (Å²) in [5.74, 6) is 0.0358. The van der Waals surface area contributed by atoms with E-state index in [2.05, 4.69) is 21.8 Å². The number of anilines is 1. The zero-order chi connectivity index (χ0) is 34.4. The maximum absolute atomic E-state index is 13.5. The summed E-state index contributed by atoms with van der Waals surface area (Å²) in [5, 5.41) is -0.106. The van der Waals surface area contributed by atoms with E-state index in [0.29, 0.717) is 31.9 Å². The normalized spacial score (nSPS) is 32.2. The fourth-order valence-electron chi connectivity index (χ4n) is 8.31. The molecule has 10 heteroatoms. The molecule has 8 nitrogen and oxygen atoms in total. The second kappa shape index (κ2) is 13.4. The van der Waals surface area contributed by atoms with Gasteiger partial charge in [-0.25, -0.2) is 13.1 Å². The van der Waals surface area contributed by atoms with Gasteiger partial charge in [0.25, 0.3) is 5.91 Å². The summed E-state index contributed by atoms with van der Waals surface area (Å²) in [4.78, 5) is 29.2. The van der Waals surface area contributed by atoms with E-state index >= 15 is 0 Å². The van der Waals surface area contributed by atoms with Crippen molar-refractivity contribution in [1.82, 2.24) is 4.72 Å². The van der Waals surface area contributed by atoms with E-state index < -0.39 is 26.8 Å². The van der Waals surface area contributed by atoms with Gasteiger partial charge in [-0.3, -0.25) is 9.59 Å². The Morgan fingerprint density at radius 2 is 1.96 bits per heavy atom. The van der Waals surface area contributed by atoms with Crippen LogP contribution in [0.4, 0.5) is 5.69 Å². The summed E-state index contributed by atoms with van der Waals surface area (Å²) < 4.78 is 42.2. The van der Waals surface area contributed by atoms with E-state index in [1.807, 2.05) is 39.0 Å². The summed E-state index contributed by atoms with van der Waals surface area (Å²) in [6.45, 7) is 9.16. The van der Waals surface area contributed by atoms with Crippen LogP contribution in [-0.4, -0.2) is 57.8 Å². The van der Waals surface area contributed by atoms with Gasteiger partial charge in [-0.1, -0.05) is 50.6 Å². The average molecular weight is 697 g/mol. The Morgan fingerprint density at radius 1 is 1.17 bits per heavy atom. The zero-order valence-electron chi connectivity index (χ0n) is 28.8. The van der Waals surface area contributed by atoms with E-state index in [1.165, 1.54) is 11.1 Å². The number of aryl methyl sites for hydroxylation is 1. The minimum atomic E-state index is -3.98. The topological polar surface area (TPSA) is 102 Å². The molecular formula is C38H49ClN2O6S. The fraction of sp³-hybridized carbons (Fsp3) is 0.579. The molecule has 0 unspecified atom stereocenters. The van der Waals surface area contributed by atoms with Crippen LogP contribution in [0.2, 0.25) is 5.02 Å². The van der Waals surface area contributed by atoms with Crippen molar-refractivity contribution >= 4 is 39.0 Å². The largest absolute Gasteiger partial charge is 0.490 e. The number of hydrogen-bond acceptors (Lipinski definition) is 7. The molecule has 260 valence electrons. The summed E-state index contributed by atoms with van der Waals surface area (Å²) >= 11 is 6.45. The van der Waals surface area contributed by atoms with Crippen molar-refractivity contribution in [2.45, 2.75) is 88.9 Å². The van der Waals surface area contributed by atoms with Crippen LogP contribution in [0.5, 0.6) is 5.75 Å². The number of ether oxygens (including phenoxy) is 2. The molecule has 2 aliphatic heterocycles. The van der Waals surface area contributed by atoms with Crippen molar-refractivity contribution in [2.75, 3.05) is 31.7 Å². The Labute approximate surface area is 290 Å². The van der Waals surface area contributed by atoms with Gasteiger partial charge in [0, 0.05) is 48.5 Å². The molecule has 0 radical (unpaired) electrons. The molecule has 0 saturated heterocycles. The molecule has 0 aromatic heterocycles. The number of rotatable bonds is 4. The van der Waals surface area contributed by atoms with Gasteiger partial charge in [0.15, 0.2) is 0 Å². The van der Waals surface area contributed by atoms with Gasteiger partial charge < -0.3 is 14.4 Å². The quantitative estimate of drug-likeness (QED) is 0.348. The van der Waals surface area contributed by atoms with Crippen molar-refractivity contribution in [2.24, 2.45) is 23.7 Å². The SMILES string of the molecule is CO[C@]1(CC(=O)C(C)C)/C=C/C[C@H](C)[C@@H](C)S(=O)(=O)NC(=O)c2ccc3c(c2)N(C[C@@H]2CC[C@H]21)C[C@@]1(CCCc2cc(Cl)ccc21)CO3. The van der Waals surface area contributed by atoms with Crippen LogP contribution in [0.1, 0.15) is 87.7 Å². The minimum absolute atomic E-state index is 0.0818. The van der Waals surface area contributed by atoms with Gasteiger partial charge in [-0.05, 0) is 105 Å². The molecule has 2 aromatic carbocycles. The van der Waals surface area contributed by atoms with Crippen LogP contribution >= 0.6 is 11.6 Å². The minimum Gasteiger partial charge on any atom is -0.490 e. The van der Waals surface area contributed by atoms with Gasteiger partial charge in [0.1, 0.15) is 11.5 Å². The van der Waals surface area contributed by atoms with Gasteiger partial charge in [-0.2, -0.15) is 0 Å². The molecule has 2 aliphatic carbocycles. The van der Waals surface area contributed by atoms with Gasteiger partial charge in [0.2, 0.25) is 10.0 Å². The van der Waals surface area contributed by atoms with Crippen molar-refractivity contribution in [3.05, 3.63) is 70.3 Å². The molecule has 1 fully saturated rings. The highest BCUT2D eigenvalue weighted by molar-refractivity contribution is 7.90. The van der Waals surface area contributed by atoms with Crippen molar-refractivity contribution in [3.63, 3.8) is 0 Å². The van der Waals surface area contributed by atoms with Crippen LogP contribution in [0, 0.1) is 23.7 Å². The first-order chi connectivity index (χ1) is 22.8. The molecule has 48 heavy (non-hydrogen) atoms. The number of allylic oxidation sites excluding steroid dienone is 1. The van der Waals surface area contributed by atoms with Gasteiger partial charge in [0.05, 0.1) is 23.1 Å². The molecule has 4 aliphatic rings. The molecule has 1 amide bonds. The van der Waals surface area contributed by atoms with Crippen molar-refractivity contribution in [3.8, 4) is 5.75 Å². The number of sulfonamides is 1. The molecule has 6 atom stereocenters. The highest BCUT2D eigenvalue weighted by Gasteiger charge is 2.50. The Kier molecular flexibility index (Phi) is 9.79. The molecule has 2 heterocycles. The first-order valence-electron chi connectivity index (χ1n) is 17.4. The number of hydrogen-bond donors (Lipinski definition) is 1. The lowest BCUT2D eigenvalue weighted by molar-refractivity contribution is -0.133. The average Bonchev–Trinajstić information content (AvgIpc) is 3.18. The third kappa shape index (κ3) is 6.54. The molecule has 2 aromatic rings. The third-order valence-electron chi connectivity index (χ3n) is 11.7. The summed E-state index contributed by atoms with van der Waals surface area (Å²) in [5.41, 5.74) is 2.41. The van der Waals surface area contributed by atoms with Crippen molar-refractivity contribution in [1.29, 1.82) is 0 Å². The fourth-order valence-corrected chi connectivity index (χ4v) is 9.79. The lowest BCUT2D eigenvalue weighted by atomic mass is 9.62. The van der Waals surface area contributed by atoms with E-state index in [4.69, 9.17) is 21.1 Å². The van der Waals surface area contributed by atoms with Crippen molar-refractivity contribution < 1.29 is 27.5 Å². The third-order valence-corrected chi connectivity index (χ3v) is 13.9. The van der Waals surface area contributed by atoms with Crippen LogP contribution in [0.25, 0.3) is 0 Å². The number of ketones is 1. The predicted octanol–water partition coefficient (Wildman–Crippen LogP) is 6.88. The Bertz CT molecular complexity index is 1710. The standard InChI is InChI=1S/C38H49ClN2O6S/c1-24(2)34(42)20-38(46-5)17-6-8-25(3)26(4)48(44,45)40-36(43)28-11-15-35-33(19-28)41(21-29-10-13-32(29)38)22-37(23-47-35)16-7-9-27-18-30(39)12-14-31(27)37/h6,11-12,14-15,17-19,24-26,29,32H,7-10,13,16,20-23H2,1-5H3,(H,40,43)/b17-6+/t25-,26+,29-,32+,37-,38-/m0/s1. The molecule has 6 rings (SSSR count). The van der Waals surface area contributed by atoms with E-state index in [0.717, 1.165) is 42.8 Å². The Hall–Kier alpha value is -2.88.